The zero-order chi connectivity index (χ0) is 23.2. The van der Waals surface area contributed by atoms with Gasteiger partial charge in [0.2, 0.25) is 5.60 Å². The first-order valence-corrected chi connectivity index (χ1v) is 11.8. The van der Waals surface area contributed by atoms with Gasteiger partial charge in [-0.1, -0.05) is 66.7 Å². The summed E-state index contributed by atoms with van der Waals surface area (Å²) in [6.45, 7) is 2.85. The van der Waals surface area contributed by atoms with Crippen LogP contribution in [0.15, 0.2) is 85.2 Å². The predicted molar refractivity (Wildman–Crippen MR) is 128 cm³/mol. The van der Waals surface area contributed by atoms with Crippen molar-refractivity contribution in [2.24, 2.45) is 0 Å². The molecule has 5 heteroatoms. The highest BCUT2D eigenvalue weighted by molar-refractivity contribution is 5.85. The maximum absolute atomic E-state index is 13.5. The van der Waals surface area contributed by atoms with Crippen LogP contribution in [0, 0.1) is 0 Å². The van der Waals surface area contributed by atoms with Crippen molar-refractivity contribution in [2.75, 3.05) is 26.7 Å². The predicted octanol–water partition coefficient (Wildman–Crippen LogP) is 4.10. The Bertz CT molecular complexity index is 987. The van der Waals surface area contributed by atoms with Crippen LogP contribution < -0.4 is 0 Å². The molecule has 1 fully saturated rings. The molecule has 33 heavy (non-hydrogen) atoms. The van der Waals surface area contributed by atoms with E-state index in [4.69, 9.17) is 4.74 Å². The molecular formula is C28H33N2O3+. The Hall–Kier alpha value is -3.02. The van der Waals surface area contributed by atoms with E-state index >= 15 is 0 Å². The fourth-order valence-corrected chi connectivity index (χ4v) is 4.88. The lowest BCUT2D eigenvalue weighted by atomic mass is 9.86. The summed E-state index contributed by atoms with van der Waals surface area (Å²) in [5.74, 6) is -0.603. The molecule has 0 spiro atoms. The Kier molecular flexibility index (Phi) is 7.21. The van der Waals surface area contributed by atoms with Crippen molar-refractivity contribution in [2.45, 2.75) is 37.4 Å². The molecule has 2 atom stereocenters. The molecule has 0 bridgehead atoms. The summed E-state index contributed by atoms with van der Waals surface area (Å²) in [4.78, 5) is 17.7. The number of pyridine rings is 1. The third kappa shape index (κ3) is 5.49. The number of aliphatic hydroxyl groups is 1. The minimum atomic E-state index is -1.83. The molecule has 0 saturated carbocycles. The minimum absolute atomic E-state index is 0.214. The highest BCUT2D eigenvalue weighted by atomic mass is 16.6. The standard InChI is InChI=1S/C28H33N2O3/c1-30(19-9-12-23-11-8-18-29-21-23)20-10-17-26(22-30)33-27(31)28(32,24-13-4-2-5-14-24)25-15-6-3-7-16-25/h2-8,11,13-16,18,21,26,32H,9-10,12,17,19-20,22H2,1H3/q+1. The summed E-state index contributed by atoms with van der Waals surface area (Å²) >= 11 is 0. The second-order valence-corrected chi connectivity index (χ2v) is 9.33. The van der Waals surface area contributed by atoms with E-state index in [0.29, 0.717) is 11.1 Å². The summed E-state index contributed by atoms with van der Waals surface area (Å²) in [5.41, 5.74) is 0.459. The fraction of sp³-hybridized carbons (Fsp3) is 0.357. The number of ether oxygens (including phenoxy) is 1. The highest BCUT2D eigenvalue weighted by Gasteiger charge is 2.44. The van der Waals surface area contributed by atoms with Gasteiger partial charge < -0.3 is 14.3 Å². The molecule has 2 heterocycles. The zero-order valence-electron chi connectivity index (χ0n) is 19.3. The maximum atomic E-state index is 13.5. The van der Waals surface area contributed by atoms with Gasteiger partial charge in [0.1, 0.15) is 6.54 Å². The summed E-state index contributed by atoms with van der Waals surface area (Å²) in [5, 5.41) is 11.7. The fourth-order valence-electron chi connectivity index (χ4n) is 4.88. The molecule has 4 rings (SSSR count). The smallest absolute Gasteiger partial charge is 0.348 e. The van der Waals surface area contributed by atoms with E-state index in [1.54, 1.807) is 30.5 Å². The van der Waals surface area contributed by atoms with Crippen LogP contribution in [0.4, 0.5) is 0 Å². The average Bonchev–Trinajstić information content (AvgIpc) is 2.85. The first kappa shape index (κ1) is 23.1. The SMILES string of the molecule is C[N+]1(CCCc2cccnc2)CCCC(OC(=O)C(O)(c2ccccc2)c2ccccc2)C1. The Morgan fingerprint density at radius 1 is 1.06 bits per heavy atom. The van der Waals surface area contributed by atoms with Crippen LogP contribution in [-0.4, -0.2) is 53.3 Å². The molecule has 172 valence electrons. The maximum Gasteiger partial charge on any atom is 0.348 e. The van der Waals surface area contributed by atoms with Gasteiger partial charge in [0, 0.05) is 25.2 Å². The molecule has 0 radical (unpaired) electrons. The topological polar surface area (TPSA) is 59.4 Å². The van der Waals surface area contributed by atoms with Crippen molar-refractivity contribution in [3.63, 3.8) is 0 Å². The number of nitrogens with zero attached hydrogens (tertiary/aromatic N) is 2. The normalized spacial score (nSPS) is 20.8. The molecule has 3 aromatic rings. The largest absolute Gasteiger partial charge is 0.454 e. The van der Waals surface area contributed by atoms with E-state index in [-0.39, 0.29) is 6.10 Å². The lowest BCUT2D eigenvalue weighted by Gasteiger charge is -2.41. The number of hydrogen-bond donors (Lipinski definition) is 1. The number of carbonyl (C=O) groups is 1. The van der Waals surface area contributed by atoms with Crippen LogP contribution in [0.3, 0.4) is 0 Å². The number of quaternary nitrogens is 1. The number of esters is 1. The third-order valence-electron chi connectivity index (χ3n) is 6.71. The Morgan fingerprint density at radius 3 is 2.33 bits per heavy atom. The molecular weight excluding hydrogens is 412 g/mol. The van der Waals surface area contributed by atoms with Crippen LogP contribution in [0.2, 0.25) is 0 Å². The first-order valence-electron chi connectivity index (χ1n) is 11.8. The molecule has 0 amide bonds. The molecule has 1 aliphatic heterocycles. The van der Waals surface area contributed by atoms with E-state index < -0.39 is 11.6 Å². The molecule has 2 unspecified atom stereocenters. The van der Waals surface area contributed by atoms with Gasteiger partial charge in [-0.3, -0.25) is 4.98 Å². The van der Waals surface area contributed by atoms with Crippen molar-refractivity contribution in [1.82, 2.24) is 4.98 Å². The van der Waals surface area contributed by atoms with E-state index in [1.165, 1.54) is 5.56 Å². The van der Waals surface area contributed by atoms with Crippen LogP contribution in [-0.2, 0) is 21.6 Å². The van der Waals surface area contributed by atoms with Gasteiger partial charge in [-0.25, -0.2) is 4.79 Å². The number of likely N-dealkylation sites (tertiary alicyclic amines) is 1. The molecule has 1 aromatic heterocycles. The number of rotatable bonds is 8. The Balaban J connectivity index is 1.44. The summed E-state index contributed by atoms with van der Waals surface area (Å²) in [7, 11) is 2.24. The highest BCUT2D eigenvalue weighted by Crippen LogP contribution is 2.32. The lowest BCUT2D eigenvalue weighted by molar-refractivity contribution is -0.917. The Morgan fingerprint density at radius 2 is 1.73 bits per heavy atom. The number of hydrogen-bond acceptors (Lipinski definition) is 4. The first-order chi connectivity index (χ1) is 16.0. The monoisotopic (exact) mass is 445 g/mol. The van der Waals surface area contributed by atoms with Gasteiger partial charge in [-0.05, 0) is 35.6 Å². The summed E-state index contributed by atoms with van der Waals surface area (Å²) < 4.78 is 6.88. The van der Waals surface area contributed by atoms with Crippen LogP contribution in [0.1, 0.15) is 36.0 Å². The second kappa shape index (κ2) is 10.3. The lowest BCUT2D eigenvalue weighted by Crippen LogP contribution is -2.55. The summed E-state index contributed by atoms with van der Waals surface area (Å²) in [6, 6.07) is 22.2. The van der Waals surface area contributed by atoms with Gasteiger partial charge in [-0.2, -0.15) is 0 Å². The van der Waals surface area contributed by atoms with Gasteiger partial charge in [0.05, 0.1) is 20.1 Å². The van der Waals surface area contributed by atoms with Gasteiger partial charge in [0.15, 0.2) is 6.10 Å². The van der Waals surface area contributed by atoms with Crippen molar-refractivity contribution < 1.29 is 19.1 Å². The van der Waals surface area contributed by atoms with E-state index in [9.17, 15) is 9.90 Å². The molecule has 2 aromatic carbocycles. The number of piperidine rings is 1. The van der Waals surface area contributed by atoms with Crippen molar-refractivity contribution in [3.8, 4) is 0 Å². The quantitative estimate of drug-likeness (QED) is 0.419. The number of benzene rings is 2. The molecule has 1 aliphatic rings. The van der Waals surface area contributed by atoms with Crippen molar-refractivity contribution in [3.05, 3.63) is 102 Å². The number of aryl methyl sites for hydroxylation is 1. The van der Waals surface area contributed by atoms with Gasteiger partial charge in [0.25, 0.3) is 0 Å². The van der Waals surface area contributed by atoms with E-state index in [2.05, 4.69) is 18.1 Å². The number of likely N-dealkylation sites (N-methyl/N-ethyl adjacent to an activating group) is 1. The van der Waals surface area contributed by atoms with E-state index in [1.807, 2.05) is 48.7 Å². The molecule has 1 saturated heterocycles. The zero-order valence-corrected chi connectivity index (χ0v) is 19.3. The molecule has 5 nitrogen and oxygen atoms in total. The third-order valence-corrected chi connectivity index (χ3v) is 6.71. The molecule has 1 N–H and O–H groups in total. The van der Waals surface area contributed by atoms with Gasteiger partial charge >= 0.3 is 5.97 Å². The Labute approximate surface area is 196 Å². The minimum Gasteiger partial charge on any atom is -0.454 e. The van der Waals surface area contributed by atoms with Crippen LogP contribution >= 0.6 is 0 Å². The van der Waals surface area contributed by atoms with Gasteiger partial charge in [-0.15, -0.1) is 0 Å². The van der Waals surface area contributed by atoms with Crippen LogP contribution in [0.25, 0.3) is 0 Å². The molecule has 0 aliphatic carbocycles. The van der Waals surface area contributed by atoms with Crippen molar-refractivity contribution >= 4 is 5.97 Å². The van der Waals surface area contributed by atoms with Crippen LogP contribution in [0.5, 0.6) is 0 Å². The number of aromatic nitrogens is 1. The number of carbonyl (C=O) groups excluding carboxylic acids is 1. The average molecular weight is 446 g/mol. The second-order valence-electron chi connectivity index (χ2n) is 9.33. The summed E-state index contributed by atoms with van der Waals surface area (Å²) in [6.07, 6.45) is 7.38. The van der Waals surface area contributed by atoms with Crippen molar-refractivity contribution in [1.29, 1.82) is 0 Å². The van der Waals surface area contributed by atoms with E-state index in [0.717, 1.165) is 49.8 Å².